The van der Waals surface area contributed by atoms with E-state index >= 15 is 0 Å². The van der Waals surface area contributed by atoms with Gasteiger partial charge in [0.05, 0.1) is 11.5 Å². The lowest BCUT2D eigenvalue weighted by Crippen LogP contribution is -1.99. The summed E-state index contributed by atoms with van der Waals surface area (Å²) in [4.78, 5) is 20.9. The first kappa shape index (κ1) is 14.6. The van der Waals surface area contributed by atoms with Crippen molar-refractivity contribution in [2.24, 2.45) is 0 Å². The quantitative estimate of drug-likeness (QED) is 0.341. The summed E-state index contributed by atoms with van der Waals surface area (Å²) in [5.41, 5.74) is 1.66. The van der Waals surface area contributed by atoms with Gasteiger partial charge in [-0.3, -0.25) is 10.1 Å². The van der Waals surface area contributed by atoms with Crippen molar-refractivity contribution in [3.63, 3.8) is 0 Å². The second-order valence-corrected chi connectivity index (χ2v) is 3.66. The Morgan fingerprint density at radius 3 is 2.84 bits per heavy atom. The molecule has 0 aromatic heterocycles. The van der Waals surface area contributed by atoms with Crippen molar-refractivity contribution in [3.8, 4) is 0 Å². The summed E-state index contributed by atoms with van der Waals surface area (Å²) in [6.45, 7) is 2.08. The number of hydrogen-bond donors (Lipinski definition) is 0. The van der Waals surface area contributed by atoms with E-state index in [2.05, 4.69) is 0 Å². The molecule has 0 N–H and O–H groups in total. The summed E-state index contributed by atoms with van der Waals surface area (Å²) in [6.07, 6.45) is 5.88. The van der Waals surface area contributed by atoms with Gasteiger partial charge in [0.2, 0.25) is 6.20 Å². The Balaban J connectivity index is 2.73. The Morgan fingerprint density at radius 2 is 2.16 bits per heavy atom. The molecule has 0 radical (unpaired) electrons. The Bertz CT molecular complexity index is 506. The molecular weight excluding hydrogens is 246 g/mol. The highest BCUT2D eigenvalue weighted by Crippen LogP contribution is 2.12. The predicted octanol–water partition coefficient (Wildman–Crippen LogP) is 2.60. The summed E-state index contributed by atoms with van der Waals surface area (Å²) in [5, 5.41) is 10.3. The van der Waals surface area contributed by atoms with E-state index in [1.165, 1.54) is 12.2 Å². The van der Waals surface area contributed by atoms with Gasteiger partial charge in [-0.2, -0.15) is 0 Å². The fraction of sp³-hybridized carbons (Fsp3) is 0.214. The van der Waals surface area contributed by atoms with E-state index in [9.17, 15) is 14.9 Å². The molecule has 0 aliphatic carbocycles. The zero-order valence-corrected chi connectivity index (χ0v) is 10.6. The molecule has 100 valence electrons. The lowest BCUT2D eigenvalue weighted by molar-refractivity contribution is -0.400. The summed E-state index contributed by atoms with van der Waals surface area (Å²) in [5.74, 6) is -0.388. The van der Waals surface area contributed by atoms with Gasteiger partial charge >= 0.3 is 5.97 Å². The van der Waals surface area contributed by atoms with Crippen molar-refractivity contribution in [2.75, 3.05) is 6.61 Å². The number of nitrogens with zero attached hydrogens (tertiary/aromatic N) is 1. The molecule has 0 saturated carbocycles. The largest absolute Gasteiger partial charge is 0.463 e. The highest BCUT2D eigenvalue weighted by atomic mass is 16.6. The van der Waals surface area contributed by atoms with Crippen LogP contribution in [0, 0.1) is 10.1 Å². The van der Waals surface area contributed by atoms with E-state index in [0.717, 1.165) is 17.3 Å². The zero-order valence-electron chi connectivity index (χ0n) is 10.6. The van der Waals surface area contributed by atoms with Crippen LogP contribution in [0.3, 0.4) is 0 Å². The minimum Gasteiger partial charge on any atom is -0.463 e. The fourth-order valence-corrected chi connectivity index (χ4v) is 1.50. The third-order valence-electron chi connectivity index (χ3n) is 2.31. The van der Waals surface area contributed by atoms with E-state index in [1.54, 1.807) is 25.1 Å². The lowest BCUT2D eigenvalue weighted by atomic mass is 10.0. The number of carbonyl (C=O) groups excluding carboxylic acids is 1. The minimum atomic E-state index is -0.509. The Kier molecular flexibility index (Phi) is 6.02. The van der Waals surface area contributed by atoms with Crippen molar-refractivity contribution in [1.82, 2.24) is 0 Å². The SMILES string of the molecule is CCOC(=O)/C=C/Cc1ccccc1/C=C/[N+](=O)[O-]. The summed E-state index contributed by atoms with van der Waals surface area (Å²) < 4.78 is 4.76. The van der Waals surface area contributed by atoms with E-state index < -0.39 is 4.92 Å². The Hall–Kier alpha value is -2.43. The topological polar surface area (TPSA) is 69.4 Å². The van der Waals surface area contributed by atoms with E-state index in [0.29, 0.717) is 13.0 Å². The maximum atomic E-state index is 11.1. The van der Waals surface area contributed by atoms with Gasteiger partial charge in [-0.25, -0.2) is 4.79 Å². The molecule has 0 saturated heterocycles. The Morgan fingerprint density at radius 1 is 1.42 bits per heavy atom. The number of rotatable bonds is 6. The molecule has 1 rings (SSSR count). The van der Waals surface area contributed by atoms with Crippen molar-refractivity contribution in [1.29, 1.82) is 0 Å². The van der Waals surface area contributed by atoms with Gasteiger partial charge in [-0.05, 0) is 24.5 Å². The molecule has 0 heterocycles. The van der Waals surface area contributed by atoms with Crippen LogP contribution in [0.25, 0.3) is 6.08 Å². The molecule has 0 bridgehead atoms. The first-order valence-electron chi connectivity index (χ1n) is 5.86. The van der Waals surface area contributed by atoms with Gasteiger partial charge in [-0.1, -0.05) is 30.3 Å². The average Bonchev–Trinajstić information content (AvgIpc) is 2.38. The van der Waals surface area contributed by atoms with Crippen LogP contribution >= 0.6 is 0 Å². The van der Waals surface area contributed by atoms with Gasteiger partial charge in [0.25, 0.3) is 0 Å². The van der Waals surface area contributed by atoms with Crippen LogP contribution in [0.15, 0.2) is 42.6 Å². The van der Waals surface area contributed by atoms with Gasteiger partial charge in [0.15, 0.2) is 0 Å². The van der Waals surface area contributed by atoms with Crippen LogP contribution in [0.5, 0.6) is 0 Å². The number of carbonyl (C=O) groups is 1. The molecular formula is C14H15NO4. The molecule has 0 aliphatic rings. The maximum absolute atomic E-state index is 11.1. The van der Waals surface area contributed by atoms with Crippen molar-refractivity contribution in [3.05, 3.63) is 63.9 Å². The summed E-state index contributed by atoms with van der Waals surface area (Å²) >= 11 is 0. The molecule has 0 atom stereocenters. The molecule has 0 amide bonds. The molecule has 0 unspecified atom stereocenters. The smallest absolute Gasteiger partial charge is 0.330 e. The van der Waals surface area contributed by atoms with Crippen LogP contribution in [0.4, 0.5) is 0 Å². The predicted molar refractivity (Wildman–Crippen MR) is 71.9 cm³/mol. The van der Waals surface area contributed by atoms with Crippen LogP contribution in [-0.2, 0) is 16.0 Å². The second-order valence-electron chi connectivity index (χ2n) is 3.66. The zero-order chi connectivity index (χ0) is 14.1. The highest BCUT2D eigenvalue weighted by Gasteiger charge is 1.99. The molecule has 19 heavy (non-hydrogen) atoms. The standard InChI is InChI=1S/C14H15NO4/c1-2-19-14(16)9-5-8-12-6-3-4-7-13(12)10-11-15(17)18/h3-7,9-11H,2,8H2,1H3/b9-5+,11-10+. The molecule has 1 aromatic carbocycles. The number of nitro groups is 1. The highest BCUT2D eigenvalue weighted by molar-refractivity contribution is 5.81. The normalized spacial score (nSPS) is 11.0. The van der Waals surface area contributed by atoms with Crippen LogP contribution in [-0.4, -0.2) is 17.5 Å². The molecule has 0 aliphatic heterocycles. The van der Waals surface area contributed by atoms with Gasteiger partial charge < -0.3 is 4.74 Å². The first-order valence-corrected chi connectivity index (χ1v) is 5.86. The van der Waals surface area contributed by atoms with Crippen molar-refractivity contribution >= 4 is 12.0 Å². The number of esters is 1. The van der Waals surface area contributed by atoms with Crippen LogP contribution in [0.2, 0.25) is 0 Å². The van der Waals surface area contributed by atoms with Gasteiger partial charge in [-0.15, -0.1) is 0 Å². The number of benzene rings is 1. The van der Waals surface area contributed by atoms with Crippen molar-refractivity contribution in [2.45, 2.75) is 13.3 Å². The van der Waals surface area contributed by atoms with Gasteiger partial charge in [0.1, 0.15) is 0 Å². The van der Waals surface area contributed by atoms with E-state index in [-0.39, 0.29) is 5.97 Å². The number of allylic oxidation sites excluding steroid dienone is 1. The molecule has 5 nitrogen and oxygen atoms in total. The molecule has 5 heteroatoms. The first-order chi connectivity index (χ1) is 9.13. The summed E-state index contributed by atoms with van der Waals surface area (Å²) in [7, 11) is 0. The second kappa shape index (κ2) is 7.81. The monoisotopic (exact) mass is 261 g/mol. The number of hydrogen-bond acceptors (Lipinski definition) is 4. The lowest BCUT2D eigenvalue weighted by Gasteiger charge is -2.01. The molecule has 0 spiro atoms. The molecule has 1 aromatic rings. The van der Waals surface area contributed by atoms with Crippen molar-refractivity contribution < 1.29 is 14.5 Å². The Labute approximate surface area is 111 Å². The minimum absolute atomic E-state index is 0.339. The average molecular weight is 261 g/mol. The maximum Gasteiger partial charge on any atom is 0.330 e. The fourth-order valence-electron chi connectivity index (χ4n) is 1.50. The van der Waals surface area contributed by atoms with E-state index in [4.69, 9.17) is 4.74 Å². The number of ether oxygens (including phenoxy) is 1. The third-order valence-corrected chi connectivity index (χ3v) is 2.31. The summed E-state index contributed by atoms with van der Waals surface area (Å²) in [6, 6.07) is 7.29. The van der Waals surface area contributed by atoms with Crippen LogP contribution in [0.1, 0.15) is 18.1 Å². The van der Waals surface area contributed by atoms with Crippen LogP contribution < -0.4 is 0 Å². The van der Waals surface area contributed by atoms with E-state index in [1.807, 2.05) is 12.1 Å². The third kappa shape index (κ3) is 5.63. The molecule has 0 fully saturated rings. The van der Waals surface area contributed by atoms with Gasteiger partial charge in [0, 0.05) is 12.2 Å².